The summed E-state index contributed by atoms with van der Waals surface area (Å²) in [5, 5.41) is 8.96. The number of hydrogen-bond acceptors (Lipinski definition) is 2. The molecule has 0 atom stereocenters. The number of aliphatic carboxylic acids is 1. The van der Waals surface area contributed by atoms with E-state index in [4.69, 9.17) is 9.84 Å². The van der Waals surface area contributed by atoms with Gasteiger partial charge in [-0.1, -0.05) is 13.8 Å². The lowest BCUT2D eigenvalue weighted by Gasteiger charge is -2.28. The molecule has 0 aliphatic carbocycles. The van der Waals surface area contributed by atoms with Crippen LogP contribution in [0.2, 0.25) is 0 Å². The van der Waals surface area contributed by atoms with E-state index in [0.29, 0.717) is 21.3 Å². The predicted molar refractivity (Wildman–Crippen MR) is 70.7 cm³/mol. The van der Waals surface area contributed by atoms with Gasteiger partial charge in [0.1, 0.15) is 11.6 Å². The molecule has 0 aliphatic rings. The van der Waals surface area contributed by atoms with Gasteiger partial charge in [-0.05, 0) is 34.5 Å². The fourth-order valence-electron chi connectivity index (χ4n) is 2.18. The number of hydrogen-bond donors (Lipinski definition) is 1. The molecular weight excluding hydrogens is 303 g/mol. The van der Waals surface area contributed by atoms with Crippen molar-refractivity contribution in [3.05, 3.63) is 27.5 Å². The molecule has 3 nitrogen and oxygen atoms in total. The second-order valence-corrected chi connectivity index (χ2v) is 5.68. The zero-order chi connectivity index (χ0) is 14.1. The standard InChI is InChI=1S/C13H16BrFO3/c1-7-9(15)5-8(14)12(18-4)11(7)13(2,3)6-10(16)17/h5H,6H2,1-4H3,(H,16,17). The van der Waals surface area contributed by atoms with Crippen LogP contribution >= 0.6 is 15.9 Å². The van der Waals surface area contributed by atoms with Crippen LogP contribution in [0.15, 0.2) is 10.5 Å². The monoisotopic (exact) mass is 318 g/mol. The van der Waals surface area contributed by atoms with Gasteiger partial charge in [-0.15, -0.1) is 0 Å². The van der Waals surface area contributed by atoms with Crippen LogP contribution in [0.3, 0.4) is 0 Å². The number of carboxylic acid groups (broad SMARTS) is 1. The van der Waals surface area contributed by atoms with Crippen LogP contribution in [0.5, 0.6) is 5.75 Å². The summed E-state index contributed by atoms with van der Waals surface area (Å²) in [7, 11) is 1.48. The lowest BCUT2D eigenvalue weighted by atomic mass is 9.78. The van der Waals surface area contributed by atoms with E-state index < -0.39 is 11.4 Å². The van der Waals surface area contributed by atoms with Gasteiger partial charge in [0.2, 0.25) is 0 Å². The van der Waals surface area contributed by atoms with E-state index in [9.17, 15) is 9.18 Å². The van der Waals surface area contributed by atoms with Crippen LogP contribution in [-0.2, 0) is 10.2 Å². The Morgan fingerprint density at radius 2 is 2.11 bits per heavy atom. The van der Waals surface area contributed by atoms with Crippen molar-refractivity contribution in [3.63, 3.8) is 0 Å². The molecule has 1 N–H and O–H groups in total. The molecule has 0 radical (unpaired) electrons. The number of halogens is 2. The van der Waals surface area contributed by atoms with Crippen LogP contribution in [0.4, 0.5) is 4.39 Å². The highest BCUT2D eigenvalue weighted by molar-refractivity contribution is 9.10. The molecule has 0 fully saturated rings. The quantitative estimate of drug-likeness (QED) is 0.921. The van der Waals surface area contributed by atoms with E-state index in [-0.39, 0.29) is 12.2 Å². The van der Waals surface area contributed by atoms with Gasteiger partial charge in [-0.3, -0.25) is 4.79 Å². The van der Waals surface area contributed by atoms with E-state index in [1.54, 1.807) is 20.8 Å². The molecule has 0 amide bonds. The molecule has 100 valence electrons. The van der Waals surface area contributed by atoms with Gasteiger partial charge < -0.3 is 9.84 Å². The highest BCUT2D eigenvalue weighted by Crippen LogP contribution is 2.42. The molecule has 0 aliphatic heterocycles. The summed E-state index contributed by atoms with van der Waals surface area (Å²) in [6, 6.07) is 1.33. The Balaban J connectivity index is 3.51. The highest BCUT2D eigenvalue weighted by atomic mass is 79.9. The maximum atomic E-state index is 13.8. The smallest absolute Gasteiger partial charge is 0.304 e. The number of carbonyl (C=O) groups is 1. The molecule has 0 spiro atoms. The molecule has 0 aromatic heterocycles. The fourth-order valence-corrected chi connectivity index (χ4v) is 2.74. The third-order valence-corrected chi connectivity index (χ3v) is 3.49. The Bertz CT molecular complexity index is 484. The average Bonchev–Trinajstić information content (AvgIpc) is 2.20. The minimum absolute atomic E-state index is 0.0971. The normalized spacial score (nSPS) is 11.4. The van der Waals surface area contributed by atoms with Crippen molar-refractivity contribution >= 4 is 21.9 Å². The predicted octanol–water partition coefficient (Wildman–Crippen LogP) is 3.66. The maximum Gasteiger partial charge on any atom is 0.304 e. The van der Waals surface area contributed by atoms with Crippen LogP contribution in [-0.4, -0.2) is 18.2 Å². The molecule has 18 heavy (non-hydrogen) atoms. The van der Waals surface area contributed by atoms with Gasteiger partial charge in [0.25, 0.3) is 0 Å². The van der Waals surface area contributed by atoms with Gasteiger partial charge >= 0.3 is 5.97 Å². The third kappa shape index (κ3) is 2.83. The summed E-state index contributed by atoms with van der Waals surface area (Å²) < 4.78 is 19.6. The zero-order valence-electron chi connectivity index (χ0n) is 10.8. The zero-order valence-corrected chi connectivity index (χ0v) is 12.4. The Kier molecular flexibility index (Phi) is 4.37. The van der Waals surface area contributed by atoms with Crippen molar-refractivity contribution in [3.8, 4) is 5.75 Å². The Hall–Kier alpha value is -1.10. The van der Waals surface area contributed by atoms with Gasteiger partial charge in [0, 0.05) is 11.0 Å². The van der Waals surface area contributed by atoms with Gasteiger partial charge in [-0.25, -0.2) is 4.39 Å². The van der Waals surface area contributed by atoms with E-state index in [2.05, 4.69) is 15.9 Å². The van der Waals surface area contributed by atoms with Crippen molar-refractivity contribution in [2.75, 3.05) is 7.11 Å². The number of carboxylic acids is 1. The fraction of sp³-hybridized carbons (Fsp3) is 0.462. The molecule has 0 unspecified atom stereocenters. The molecule has 0 saturated carbocycles. The maximum absolute atomic E-state index is 13.8. The summed E-state index contributed by atoms with van der Waals surface area (Å²) in [4.78, 5) is 10.9. The van der Waals surface area contributed by atoms with Gasteiger partial charge in [0.05, 0.1) is 18.0 Å². The van der Waals surface area contributed by atoms with Crippen molar-refractivity contribution in [2.24, 2.45) is 0 Å². The molecule has 1 rings (SSSR count). The van der Waals surface area contributed by atoms with Crippen LogP contribution < -0.4 is 4.74 Å². The Morgan fingerprint density at radius 3 is 2.56 bits per heavy atom. The van der Waals surface area contributed by atoms with Crippen LogP contribution in [0.25, 0.3) is 0 Å². The van der Waals surface area contributed by atoms with Gasteiger partial charge in [0.15, 0.2) is 0 Å². The SMILES string of the molecule is COc1c(Br)cc(F)c(C)c1C(C)(C)CC(=O)O. The Morgan fingerprint density at radius 1 is 1.56 bits per heavy atom. The van der Waals surface area contributed by atoms with Crippen molar-refractivity contribution in [1.29, 1.82) is 0 Å². The van der Waals surface area contributed by atoms with Crippen LogP contribution in [0, 0.1) is 12.7 Å². The van der Waals surface area contributed by atoms with Crippen molar-refractivity contribution < 1.29 is 19.0 Å². The molecule has 1 aromatic carbocycles. The lowest BCUT2D eigenvalue weighted by Crippen LogP contribution is -2.24. The van der Waals surface area contributed by atoms with E-state index in [1.165, 1.54) is 13.2 Å². The molecule has 0 saturated heterocycles. The second-order valence-electron chi connectivity index (χ2n) is 4.83. The summed E-state index contributed by atoms with van der Waals surface area (Å²) in [5.74, 6) is -0.821. The molecular formula is C13H16BrFO3. The molecule has 0 heterocycles. The summed E-state index contributed by atoms with van der Waals surface area (Å²) >= 11 is 3.24. The highest BCUT2D eigenvalue weighted by Gasteiger charge is 2.31. The topological polar surface area (TPSA) is 46.5 Å². The summed E-state index contributed by atoms with van der Waals surface area (Å²) in [6.07, 6.45) is -0.0971. The molecule has 1 aromatic rings. The largest absolute Gasteiger partial charge is 0.495 e. The first-order chi connectivity index (χ1) is 8.20. The van der Waals surface area contributed by atoms with E-state index in [1.807, 2.05) is 0 Å². The van der Waals surface area contributed by atoms with Crippen molar-refractivity contribution in [1.82, 2.24) is 0 Å². The minimum Gasteiger partial charge on any atom is -0.495 e. The van der Waals surface area contributed by atoms with E-state index in [0.717, 1.165) is 0 Å². The summed E-state index contributed by atoms with van der Waals surface area (Å²) in [5.41, 5.74) is 0.284. The van der Waals surface area contributed by atoms with E-state index >= 15 is 0 Å². The summed E-state index contributed by atoms with van der Waals surface area (Å²) in [6.45, 7) is 5.15. The van der Waals surface area contributed by atoms with Gasteiger partial charge in [-0.2, -0.15) is 0 Å². The molecule has 0 bridgehead atoms. The first-order valence-corrected chi connectivity index (χ1v) is 6.25. The van der Waals surface area contributed by atoms with Crippen LogP contribution in [0.1, 0.15) is 31.4 Å². The number of ether oxygens (including phenoxy) is 1. The van der Waals surface area contributed by atoms with Crippen molar-refractivity contribution in [2.45, 2.75) is 32.6 Å². The Labute approximate surface area is 114 Å². The first-order valence-electron chi connectivity index (χ1n) is 5.45. The number of methoxy groups -OCH3 is 1. The molecule has 5 heteroatoms. The number of rotatable bonds is 4. The third-order valence-electron chi connectivity index (χ3n) is 2.90. The first kappa shape index (κ1) is 15.0. The number of benzene rings is 1. The minimum atomic E-state index is -0.929. The lowest BCUT2D eigenvalue weighted by molar-refractivity contribution is -0.138. The average molecular weight is 319 g/mol. The second kappa shape index (κ2) is 5.26.